The van der Waals surface area contributed by atoms with Gasteiger partial charge in [-0.1, -0.05) is 187 Å². The van der Waals surface area contributed by atoms with Gasteiger partial charge in [0.1, 0.15) is 24.4 Å². The van der Waals surface area contributed by atoms with Crippen LogP contribution >= 0.6 is 0 Å². The molecule has 0 saturated carbocycles. The third kappa shape index (κ3) is 26.3. The third-order valence-electron chi connectivity index (χ3n) is 11.6. The fourth-order valence-electron chi connectivity index (χ4n) is 8.00. The van der Waals surface area contributed by atoms with Crippen LogP contribution < -0.4 is 5.32 Å². The predicted octanol–water partition coefficient (Wildman–Crippen LogP) is 10.1. The van der Waals surface area contributed by atoms with E-state index in [1.165, 1.54) is 128 Å². The molecule has 1 aliphatic rings. The maximum Gasteiger partial charge on any atom is 0.303 e. The molecule has 5 N–H and O–H groups in total. The number of aliphatic hydroxyl groups is 3. The zero-order valence-corrected chi connectivity index (χ0v) is 36.2. The van der Waals surface area contributed by atoms with Gasteiger partial charge in [0.05, 0.1) is 6.61 Å². The van der Waals surface area contributed by atoms with E-state index in [1.807, 2.05) is 0 Å². The number of aliphatic carboxylic acids is 1. The van der Waals surface area contributed by atoms with Crippen LogP contribution in [0.2, 0.25) is 0 Å². The molecule has 0 aromatic heterocycles. The molecule has 2 amide bonds. The molecule has 330 valence electrons. The summed E-state index contributed by atoms with van der Waals surface area (Å²) in [6, 6.07) is -1.05. The highest BCUT2D eigenvalue weighted by atomic mass is 16.5. The van der Waals surface area contributed by atoms with Gasteiger partial charge in [-0.3, -0.25) is 14.4 Å². The molecular weight excluding hydrogens is 709 g/mol. The Morgan fingerprint density at radius 3 is 1.30 bits per heavy atom. The van der Waals surface area contributed by atoms with Crippen molar-refractivity contribution in [1.29, 1.82) is 0 Å². The number of ether oxygens (including phenoxy) is 1. The van der Waals surface area contributed by atoms with Gasteiger partial charge in [0, 0.05) is 25.8 Å². The molecular formula is C46H88N2O8. The molecule has 10 heteroatoms. The summed E-state index contributed by atoms with van der Waals surface area (Å²) in [6.45, 7) is 4.40. The van der Waals surface area contributed by atoms with E-state index in [0.29, 0.717) is 38.6 Å². The number of hydrogen-bond acceptors (Lipinski definition) is 7. The second-order valence-electron chi connectivity index (χ2n) is 16.8. The summed E-state index contributed by atoms with van der Waals surface area (Å²) in [7, 11) is 0. The minimum atomic E-state index is -1.42. The minimum Gasteiger partial charge on any atom is -0.481 e. The average Bonchev–Trinajstić information content (AvgIpc) is 3.18. The normalized spacial score (nSPS) is 19.6. The van der Waals surface area contributed by atoms with Crippen LogP contribution in [0, 0.1) is 0 Å². The Labute approximate surface area is 342 Å². The van der Waals surface area contributed by atoms with Crippen molar-refractivity contribution >= 4 is 17.8 Å². The molecule has 1 saturated heterocycles. The van der Waals surface area contributed by atoms with Crippen molar-refractivity contribution < 1.29 is 39.5 Å². The fourth-order valence-corrected chi connectivity index (χ4v) is 8.00. The highest BCUT2D eigenvalue weighted by molar-refractivity contribution is 5.78. The Kier molecular flexibility index (Phi) is 33.9. The number of rotatable bonds is 39. The molecule has 5 atom stereocenters. The van der Waals surface area contributed by atoms with Gasteiger partial charge >= 0.3 is 5.97 Å². The van der Waals surface area contributed by atoms with E-state index >= 15 is 0 Å². The number of nitrogens with one attached hydrogen (secondary N) is 1. The molecule has 0 aromatic rings. The van der Waals surface area contributed by atoms with Gasteiger partial charge in [0.25, 0.3) is 0 Å². The van der Waals surface area contributed by atoms with Crippen LogP contribution in [0.25, 0.3) is 0 Å². The van der Waals surface area contributed by atoms with Crippen LogP contribution in [0.4, 0.5) is 0 Å². The molecule has 0 unspecified atom stereocenters. The standard InChI is InChI=1S/C46H88N2O8/c1-3-5-7-9-11-13-15-17-18-19-20-22-24-26-31-35-41(51)48(37-33-29-25-23-21-16-14-12-10-8-6-4-2)46-43(45(55)44(54)39(38-49)56-46)47-40(50)34-30-27-28-32-36-42(52)53/h39,43-46,49,54-55H,3-38H2,1-2H3,(H,47,50)(H,52,53)/t39-,43-,44-,45-,46-/m1/s1. The molecule has 0 bridgehead atoms. The summed E-state index contributed by atoms with van der Waals surface area (Å²) < 4.78 is 6.16. The SMILES string of the molecule is CCCCCCCCCCCCCCCCCC(=O)N(CCCCCCCCCCCCCC)[C@@H]1O[C@H](CO)[C@@H](O)[C@H](O)[C@H]1NC(=O)CCCCCCC(=O)O. The number of carbonyl (C=O) groups excluding carboxylic acids is 2. The van der Waals surface area contributed by atoms with E-state index in [0.717, 1.165) is 44.9 Å². The fraction of sp³-hybridized carbons (Fsp3) is 0.935. The highest BCUT2D eigenvalue weighted by Gasteiger charge is 2.48. The molecule has 0 aliphatic carbocycles. The summed E-state index contributed by atoms with van der Waals surface area (Å²) in [6.07, 6.45) is 31.2. The number of unbranched alkanes of at least 4 members (excludes halogenated alkanes) is 28. The number of carboxylic acids is 1. The van der Waals surface area contributed by atoms with E-state index in [-0.39, 0.29) is 24.7 Å². The summed E-state index contributed by atoms with van der Waals surface area (Å²) in [5, 5.41) is 43.8. The number of nitrogens with zero attached hydrogens (tertiary/aromatic N) is 1. The molecule has 0 aromatic carbocycles. The molecule has 56 heavy (non-hydrogen) atoms. The number of hydrogen-bond donors (Lipinski definition) is 5. The van der Waals surface area contributed by atoms with Crippen LogP contribution in [0.5, 0.6) is 0 Å². The Hall–Kier alpha value is -1.75. The van der Waals surface area contributed by atoms with E-state index in [1.54, 1.807) is 4.90 Å². The monoisotopic (exact) mass is 797 g/mol. The third-order valence-corrected chi connectivity index (χ3v) is 11.6. The first-order valence-electron chi connectivity index (χ1n) is 23.7. The van der Waals surface area contributed by atoms with Gasteiger partial charge in [-0.15, -0.1) is 0 Å². The van der Waals surface area contributed by atoms with Crippen molar-refractivity contribution in [3.63, 3.8) is 0 Å². The van der Waals surface area contributed by atoms with Crippen LogP contribution in [-0.4, -0.2) is 86.8 Å². The average molecular weight is 797 g/mol. The molecule has 10 nitrogen and oxygen atoms in total. The molecule has 0 spiro atoms. The molecule has 1 aliphatic heterocycles. The van der Waals surface area contributed by atoms with Crippen LogP contribution in [0.1, 0.15) is 232 Å². The molecule has 1 heterocycles. The summed E-state index contributed by atoms with van der Waals surface area (Å²) in [4.78, 5) is 39.5. The van der Waals surface area contributed by atoms with E-state index in [9.17, 15) is 29.7 Å². The quantitative estimate of drug-likeness (QED) is 0.0385. The van der Waals surface area contributed by atoms with Crippen molar-refractivity contribution in [2.45, 2.75) is 263 Å². The highest BCUT2D eigenvalue weighted by Crippen LogP contribution is 2.26. The van der Waals surface area contributed by atoms with E-state index in [2.05, 4.69) is 19.2 Å². The van der Waals surface area contributed by atoms with Gasteiger partial charge in [-0.25, -0.2) is 0 Å². The first-order valence-corrected chi connectivity index (χ1v) is 23.7. The number of aliphatic hydroxyl groups excluding tert-OH is 3. The van der Waals surface area contributed by atoms with Crippen molar-refractivity contribution in [2.75, 3.05) is 13.2 Å². The Balaban J connectivity index is 2.70. The second kappa shape index (κ2) is 36.3. The number of carbonyl (C=O) groups is 3. The first kappa shape index (κ1) is 52.3. The minimum absolute atomic E-state index is 0.0919. The van der Waals surface area contributed by atoms with Gasteiger partial charge in [0.15, 0.2) is 6.23 Å². The lowest BCUT2D eigenvalue weighted by Gasteiger charge is -2.47. The van der Waals surface area contributed by atoms with Crippen molar-refractivity contribution in [1.82, 2.24) is 10.2 Å². The van der Waals surface area contributed by atoms with Gasteiger partial charge < -0.3 is 35.4 Å². The van der Waals surface area contributed by atoms with Crippen molar-refractivity contribution in [3.8, 4) is 0 Å². The topological polar surface area (TPSA) is 157 Å². The maximum atomic E-state index is 13.9. The largest absolute Gasteiger partial charge is 0.481 e. The Morgan fingerprint density at radius 2 is 0.893 bits per heavy atom. The van der Waals surface area contributed by atoms with Gasteiger partial charge in [-0.2, -0.15) is 0 Å². The lowest BCUT2D eigenvalue weighted by molar-refractivity contribution is -0.231. The van der Waals surface area contributed by atoms with Gasteiger partial charge in [0.2, 0.25) is 11.8 Å². The van der Waals surface area contributed by atoms with Crippen LogP contribution in [0.15, 0.2) is 0 Å². The maximum absolute atomic E-state index is 13.9. The zero-order valence-electron chi connectivity index (χ0n) is 36.2. The van der Waals surface area contributed by atoms with Gasteiger partial charge in [-0.05, 0) is 25.7 Å². The Bertz CT molecular complexity index is 952. The van der Waals surface area contributed by atoms with Crippen molar-refractivity contribution in [3.05, 3.63) is 0 Å². The predicted molar refractivity (Wildman–Crippen MR) is 227 cm³/mol. The number of amides is 2. The summed E-state index contributed by atoms with van der Waals surface area (Å²) in [5.41, 5.74) is 0. The zero-order chi connectivity index (χ0) is 41.1. The van der Waals surface area contributed by atoms with E-state index in [4.69, 9.17) is 9.84 Å². The van der Waals surface area contributed by atoms with E-state index < -0.39 is 43.2 Å². The van der Waals surface area contributed by atoms with Crippen LogP contribution in [0.3, 0.4) is 0 Å². The smallest absolute Gasteiger partial charge is 0.303 e. The summed E-state index contributed by atoms with van der Waals surface area (Å²) in [5.74, 6) is -1.25. The lowest BCUT2D eigenvalue weighted by Crippen LogP contribution is -2.68. The molecule has 1 fully saturated rings. The molecule has 0 radical (unpaired) electrons. The number of carboxylic acid groups (broad SMARTS) is 1. The Morgan fingerprint density at radius 1 is 0.518 bits per heavy atom. The van der Waals surface area contributed by atoms with Crippen molar-refractivity contribution in [2.24, 2.45) is 0 Å². The summed E-state index contributed by atoms with van der Waals surface area (Å²) >= 11 is 0. The molecule has 1 rings (SSSR count). The van der Waals surface area contributed by atoms with Crippen LogP contribution in [-0.2, 0) is 19.1 Å². The first-order chi connectivity index (χ1) is 27.3. The lowest BCUT2D eigenvalue weighted by atomic mass is 9.94. The second-order valence-corrected chi connectivity index (χ2v) is 16.8.